The first-order valence-corrected chi connectivity index (χ1v) is 15.4. The molecular formula is C33H44N2O8. The highest BCUT2D eigenvalue weighted by Crippen LogP contribution is 2.61. The van der Waals surface area contributed by atoms with Gasteiger partial charge in [0, 0.05) is 42.6 Å². The smallest absolute Gasteiger partial charge is 0.247 e. The topological polar surface area (TPSA) is 142 Å². The predicted molar refractivity (Wildman–Crippen MR) is 158 cm³/mol. The van der Waals surface area contributed by atoms with E-state index < -0.39 is 30.1 Å². The molecular weight excluding hydrogens is 552 g/mol. The average molecular weight is 597 g/mol. The summed E-state index contributed by atoms with van der Waals surface area (Å²) in [5, 5.41) is 24.0. The Bertz CT molecular complexity index is 1300. The van der Waals surface area contributed by atoms with E-state index in [0.29, 0.717) is 65.7 Å². The van der Waals surface area contributed by atoms with Crippen molar-refractivity contribution in [2.75, 3.05) is 26.8 Å². The third-order valence-corrected chi connectivity index (χ3v) is 10.4. The molecule has 1 aromatic rings. The number of aliphatic hydroxyl groups is 2. The monoisotopic (exact) mass is 596 g/mol. The summed E-state index contributed by atoms with van der Waals surface area (Å²) >= 11 is 0. The number of nitrogens with one attached hydrogen (secondary N) is 1. The largest absolute Gasteiger partial charge is 0.493 e. The van der Waals surface area contributed by atoms with Gasteiger partial charge in [0.25, 0.3) is 0 Å². The van der Waals surface area contributed by atoms with Gasteiger partial charge in [0.1, 0.15) is 24.3 Å². The minimum absolute atomic E-state index is 0.0120. The fraction of sp³-hybridized carbons (Fsp3) is 0.636. The predicted octanol–water partition coefficient (Wildman–Crippen LogP) is 2.79. The molecule has 0 aromatic heterocycles. The number of fused-ring (bicyclic) bond motifs is 5. The lowest BCUT2D eigenvalue weighted by molar-refractivity contribution is -0.146. The molecule has 6 rings (SSSR count). The maximum Gasteiger partial charge on any atom is 0.247 e. The van der Waals surface area contributed by atoms with Crippen LogP contribution in [0.5, 0.6) is 11.5 Å². The number of rotatable bonds is 12. The number of hydrogen-bond donors (Lipinski definition) is 3. The van der Waals surface area contributed by atoms with E-state index in [1.165, 1.54) is 14.0 Å². The Kier molecular flexibility index (Phi) is 9.00. The van der Waals surface area contributed by atoms with Crippen LogP contribution in [-0.2, 0) is 14.4 Å². The Labute approximate surface area is 252 Å². The summed E-state index contributed by atoms with van der Waals surface area (Å²) in [7, 11) is 1.46. The molecule has 0 unspecified atom stereocenters. The first-order chi connectivity index (χ1) is 20.5. The van der Waals surface area contributed by atoms with Crippen molar-refractivity contribution in [3.63, 3.8) is 0 Å². The molecule has 1 aromatic carbocycles. The second-order valence-corrected chi connectivity index (χ2v) is 13.2. The number of methoxy groups -OCH3 is 1. The highest BCUT2D eigenvalue weighted by molar-refractivity contribution is 5.96. The van der Waals surface area contributed by atoms with E-state index in [-0.39, 0.29) is 42.6 Å². The zero-order chi connectivity index (χ0) is 31.1. The molecule has 43 heavy (non-hydrogen) atoms. The van der Waals surface area contributed by atoms with E-state index in [1.807, 2.05) is 0 Å². The van der Waals surface area contributed by atoms with Crippen molar-refractivity contribution in [1.82, 2.24) is 10.2 Å². The van der Waals surface area contributed by atoms with Gasteiger partial charge in [0.15, 0.2) is 11.5 Å². The number of carbonyl (C=O) groups excluding carboxylic acids is 4. The van der Waals surface area contributed by atoms with Crippen molar-refractivity contribution < 1.29 is 38.9 Å². The van der Waals surface area contributed by atoms with Gasteiger partial charge in [0.2, 0.25) is 11.8 Å². The first-order valence-electron chi connectivity index (χ1n) is 15.4. The molecule has 3 N–H and O–H groups in total. The Morgan fingerprint density at radius 3 is 2.60 bits per heavy atom. The van der Waals surface area contributed by atoms with Crippen LogP contribution in [0.3, 0.4) is 0 Å². The van der Waals surface area contributed by atoms with Crippen LogP contribution in [-0.4, -0.2) is 84.1 Å². The summed E-state index contributed by atoms with van der Waals surface area (Å²) in [5.41, 5.74) is 1.37. The van der Waals surface area contributed by atoms with Crippen molar-refractivity contribution >= 4 is 23.9 Å². The molecule has 1 heterocycles. The van der Waals surface area contributed by atoms with E-state index >= 15 is 0 Å². The molecule has 0 spiro atoms. The minimum Gasteiger partial charge on any atom is -0.493 e. The standard InChI is InChI=1S/C33H44N2O8/c1-18(38)6-5-7-27(39)35(16-20-8-9-21-14-24(20)33(21,2)3)25-15-23(32(41)34-10-11-36)28-22-12-19(17-37)13-26(42-4)30(22)43-31(28)29(25)40/h12-13,15,17,20-21,24-25,28-29,31,36,40H,5-11,14,16H2,1-4H3,(H,34,41)/t20-,21-,24-,25+,28-,29-,31-/m0/s1. The van der Waals surface area contributed by atoms with Crippen molar-refractivity contribution in [2.24, 2.45) is 23.2 Å². The number of Topliss-reactive ketones (excluding diaryl/α,β-unsaturated/α-hetero) is 1. The number of hydrogen-bond acceptors (Lipinski definition) is 8. The van der Waals surface area contributed by atoms with Crippen molar-refractivity contribution in [2.45, 2.75) is 83.5 Å². The normalized spacial score (nSPS) is 29.6. The zero-order valence-corrected chi connectivity index (χ0v) is 25.5. The number of nitrogens with zero attached hydrogens (tertiary/aromatic N) is 1. The van der Waals surface area contributed by atoms with E-state index in [1.54, 1.807) is 23.1 Å². The summed E-state index contributed by atoms with van der Waals surface area (Å²) in [6, 6.07) is 2.33. The molecule has 4 aliphatic carbocycles. The molecule has 10 nitrogen and oxygen atoms in total. The molecule has 0 saturated heterocycles. The van der Waals surface area contributed by atoms with Crippen molar-refractivity contribution in [3.05, 3.63) is 34.9 Å². The summed E-state index contributed by atoms with van der Waals surface area (Å²) < 4.78 is 11.8. The van der Waals surface area contributed by atoms with Gasteiger partial charge >= 0.3 is 0 Å². The van der Waals surface area contributed by atoms with Crippen LogP contribution in [0.4, 0.5) is 0 Å². The number of carbonyl (C=O) groups is 4. The van der Waals surface area contributed by atoms with Gasteiger partial charge in [0.05, 0.1) is 25.7 Å². The summed E-state index contributed by atoms with van der Waals surface area (Å²) in [4.78, 5) is 52.6. The van der Waals surface area contributed by atoms with Crippen LogP contribution in [0.2, 0.25) is 0 Å². The van der Waals surface area contributed by atoms with Gasteiger partial charge in [-0.15, -0.1) is 0 Å². The molecule has 2 bridgehead atoms. The number of amides is 2. The van der Waals surface area contributed by atoms with Crippen LogP contribution in [0.15, 0.2) is 23.8 Å². The van der Waals surface area contributed by atoms with Crippen LogP contribution < -0.4 is 14.8 Å². The molecule has 7 atom stereocenters. The molecule has 10 heteroatoms. The van der Waals surface area contributed by atoms with Crippen LogP contribution in [0.25, 0.3) is 0 Å². The number of aliphatic hydroxyl groups excluding tert-OH is 2. The Hall–Kier alpha value is -3.24. The summed E-state index contributed by atoms with van der Waals surface area (Å²) in [6.07, 6.45) is 4.32. The lowest BCUT2D eigenvalue weighted by Gasteiger charge is -2.61. The SMILES string of the molecule is COc1cc(C=O)cc2c1O[C@@H]1[C@@H](O)[C@H](N(C[C@@H]3CC[C@H]4C[C@@H]3C4(C)C)C(=O)CCCC(C)=O)C=C(C(=O)NCCO)[C@H]21. The minimum atomic E-state index is -1.18. The van der Waals surface area contributed by atoms with E-state index in [4.69, 9.17) is 9.47 Å². The van der Waals surface area contributed by atoms with Gasteiger partial charge in [-0.1, -0.05) is 13.8 Å². The van der Waals surface area contributed by atoms with Gasteiger partial charge in [-0.3, -0.25) is 14.4 Å². The molecule has 5 aliphatic rings. The van der Waals surface area contributed by atoms with Crippen LogP contribution >= 0.6 is 0 Å². The van der Waals surface area contributed by atoms with Gasteiger partial charge < -0.3 is 34.7 Å². The Morgan fingerprint density at radius 2 is 1.98 bits per heavy atom. The van der Waals surface area contributed by atoms with E-state index in [0.717, 1.165) is 19.3 Å². The first kappa shape index (κ1) is 31.2. The average Bonchev–Trinajstić information content (AvgIpc) is 3.38. The number of benzene rings is 1. The molecule has 3 saturated carbocycles. The third-order valence-electron chi connectivity index (χ3n) is 10.4. The van der Waals surface area contributed by atoms with E-state index in [9.17, 15) is 29.4 Å². The van der Waals surface area contributed by atoms with Crippen LogP contribution in [0, 0.1) is 23.2 Å². The number of aldehydes is 1. The number of ether oxygens (including phenoxy) is 2. The Morgan fingerprint density at radius 1 is 1.21 bits per heavy atom. The maximum absolute atomic E-state index is 13.9. The highest BCUT2D eigenvalue weighted by Gasteiger charge is 2.56. The quantitative estimate of drug-likeness (QED) is 0.313. The van der Waals surface area contributed by atoms with Crippen LogP contribution in [0.1, 0.15) is 81.1 Å². The van der Waals surface area contributed by atoms with Gasteiger partial charge in [-0.05, 0) is 74.0 Å². The number of ketones is 1. The lowest BCUT2D eigenvalue weighted by Crippen LogP contribution is -2.59. The second kappa shape index (κ2) is 12.4. The molecule has 234 valence electrons. The maximum atomic E-state index is 13.9. The van der Waals surface area contributed by atoms with Crippen molar-refractivity contribution in [1.29, 1.82) is 0 Å². The fourth-order valence-corrected chi connectivity index (χ4v) is 8.01. The van der Waals surface area contributed by atoms with Gasteiger partial charge in [-0.2, -0.15) is 0 Å². The zero-order valence-electron chi connectivity index (χ0n) is 25.5. The molecule has 1 aliphatic heterocycles. The van der Waals surface area contributed by atoms with Gasteiger partial charge in [-0.25, -0.2) is 0 Å². The summed E-state index contributed by atoms with van der Waals surface area (Å²) in [5.74, 6) is 0.727. The molecule has 3 fully saturated rings. The Balaban J connectivity index is 1.54. The third kappa shape index (κ3) is 5.71. The highest BCUT2D eigenvalue weighted by atomic mass is 16.5. The molecule has 2 amide bonds. The lowest BCUT2D eigenvalue weighted by atomic mass is 9.45. The summed E-state index contributed by atoms with van der Waals surface area (Å²) in [6.45, 7) is 6.31. The fourth-order valence-electron chi connectivity index (χ4n) is 8.01. The van der Waals surface area contributed by atoms with Crippen molar-refractivity contribution in [3.8, 4) is 11.5 Å². The second-order valence-electron chi connectivity index (χ2n) is 13.2. The molecule has 0 radical (unpaired) electrons. The van der Waals surface area contributed by atoms with E-state index in [2.05, 4.69) is 19.2 Å².